The minimum absolute atomic E-state index is 0.162. The number of hydrogen-bond donors (Lipinski definition) is 0. The molecule has 4 nitrogen and oxygen atoms in total. The summed E-state index contributed by atoms with van der Waals surface area (Å²) in [5.41, 5.74) is 1.11. The summed E-state index contributed by atoms with van der Waals surface area (Å²) < 4.78 is 5.88. The molecule has 0 spiro atoms. The fourth-order valence-electron chi connectivity index (χ4n) is 2.72. The van der Waals surface area contributed by atoms with E-state index in [1.54, 1.807) is 28.0 Å². The van der Waals surface area contributed by atoms with E-state index in [1.807, 2.05) is 20.0 Å². The summed E-state index contributed by atoms with van der Waals surface area (Å²) in [5.74, 6) is 5.14. The van der Waals surface area contributed by atoms with Crippen molar-refractivity contribution in [3.63, 3.8) is 0 Å². The van der Waals surface area contributed by atoms with Crippen molar-refractivity contribution in [1.29, 1.82) is 0 Å². The molecule has 0 aliphatic heterocycles. The average Bonchev–Trinajstić information content (AvgIpc) is 2.94. The standard InChI is InChI=1S/C18H24N2O2S2/c1-12-8-16(12)17-5-4-15(22-17)9-20(3)18(21)6-7-23-10-14-11-24-13(2)19-14/h4-5,11-12,16H,6-10H2,1-3H3/t12-,16+/m0/s1. The van der Waals surface area contributed by atoms with Crippen molar-refractivity contribution < 1.29 is 9.21 Å². The molecule has 2 aromatic heterocycles. The second kappa shape index (κ2) is 7.74. The van der Waals surface area contributed by atoms with E-state index in [0.717, 1.165) is 39.6 Å². The Morgan fingerprint density at radius 3 is 2.96 bits per heavy atom. The third-order valence-corrected chi connectivity index (χ3v) is 6.17. The number of carbonyl (C=O) groups is 1. The SMILES string of the molecule is Cc1nc(CSCCC(=O)N(C)Cc2ccc([C@@H]3C[C@@H]3C)o2)cs1. The summed E-state index contributed by atoms with van der Waals surface area (Å²) >= 11 is 3.43. The van der Waals surface area contributed by atoms with Crippen molar-refractivity contribution in [1.82, 2.24) is 9.88 Å². The highest BCUT2D eigenvalue weighted by atomic mass is 32.2. The van der Waals surface area contributed by atoms with Gasteiger partial charge in [0.1, 0.15) is 11.5 Å². The molecule has 2 heterocycles. The summed E-state index contributed by atoms with van der Waals surface area (Å²) in [4.78, 5) is 18.4. The quantitative estimate of drug-likeness (QED) is 0.649. The molecule has 0 unspecified atom stereocenters. The molecule has 3 rings (SSSR count). The Bertz CT molecular complexity index is 695. The number of hydrogen-bond acceptors (Lipinski definition) is 5. The lowest BCUT2D eigenvalue weighted by molar-refractivity contribution is -0.130. The molecule has 1 saturated carbocycles. The monoisotopic (exact) mass is 364 g/mol. The first-order valence-electron chi connectivity index (χ1n) is 8.34. The van der Waals surface area contributed by atoms with Crippen LogP contribution in [0.25, 0.3) is 0 Å². The van der Waals surface area contributed by atoms with Gasteiger partial charge in [-0.05, 0) is 31.4 Å². The van der Waals surface area contributed by atoms with Crippen LogP contribution in [0.3, 0.4) is 0 Å². The maximum Gasteiger partial charge on any atom is 0.223 e. The molecule has 24 heavy (non-hydrogen) atoms. The van der Waals surface area contributed by atoms with E-state index in [0.29, 0.717) is 18.9 Å². The van der Waals surface area contributed by atoms with Crippen LogP contribution < -0.4 is 0 Å². The Morgan fingerprint density at radius 2 is 2.29 bits per heavy atom. The fraction of sp³-hybridized carbons (Fsp3) is 0.556. The summed E-state index contributed by atoms with van der Waals surface area (Å²) in [6.45, 7) is 4.81. The van der Waals surface area contributed by atoms with Gasteiger partial charge in [0.15, 0.2) is 0 Å². The lowest BCUT2D eigenvalue weighted by Crippen LogP contribution is -2.26. The number of aromatic nitrogens is 1. The maximum absolute atomic E-state index is 12.2. The van der Waals surface area contributed by atoms with Crippen LogP contribution >= 0.6 is 23.1 Å². The molecular weight excluding hydrogens is 340 g/mol. The molecule has 1 fully saturated rings. The minimum atomic E-state index is 0.162. The van der Waals surface area contributed by atoms with E-state index in [1.165, 1.54) is 6.42 Å². The van der Waals surface area contributed by atoms with Crippen LogP contribution in [-0.2, 0) is 17.1 Å². The van der Waals surface area contributed by atoms with Crippen molar-refractivity contribution in [2.45, 2.75) is 44.9 Å². The van der Waals surface area contributed by atoms with E-state index in [9.17, 15) is 4.79 Å². The van der Waals surface area contributed by atoms with Gasteiger partial charge >= 0.3 is 0 Å². The van der Waals surface area contributed by atoms with Gasteiger partial charge in [-0.3, -0.25) is 4.79 Å². The molecule has 6 heteroatoms. The molecule has 1 aliphatic rings. The first-order chi connectivity index (χ1) is 11.5. The zero-order valence-electron chi connectivity index (χ0n) is 14.4. The van der Waals surface area contributed by atoms with Crippen molar-refractivity contribution in [2.24, 2.45) is 5.92 Å². The van der Waals surface area contributed by atoms with Gasteiger partial charge in [0.05, 0.1) is 17.2 Å². The fourth-order valence-corrected chi connectivity index (χ4v) is 4.26. The van der Waals surface area contributed by atoms with Crippen LogP contribution in [0.15, 0.2) is 21.9 Å². The van der Waals surface area contributed by atoms with Crippen LogP contribution in [0, 0.1) is 12.8 Å². The average molecular weight is 365 g/mol. The topological polar surface area (TPSA) is 46.3 Å². The minimum Gasteiger partial charge on any atom is -0.464 e. The highest BCUT2D eigenvalue weighted by Crippen LogP contribution is 2.47. The molecule has 2 atom stereocenters. The predicted molar refractivity (Wildman–Crippen MR) is 99.3 cm³/mol. The van der Waals surface area contributed by atoms with Crippen LogP contribution in [0.4, 0.5) is 0 Å². The van der Waals surface area contributed by atoms with Crippen molar-refractivity contribution >= 4 is 29.0 Å². The lowest BCUT2D eigenvalue weighted by atomic mass is 10.3. The number of thiazole rings is 1. The Hall–Kier alpha value is -1.27. The number of rotatable bonds is 8. The highest BCUT2D eigenvalue weighted by molar-refractivity contribution is 7.98. The van der Waals surface area contributed by atoms with Gasteiger partial charge in [-0.1, -0.05) is 6.92 Å². The largest absolute Gasteiger partial charge is 0.464 e. The zero-order chi connectivity index (χ0) is 17.1. The molecule has 0 saturated heterocycles. The van der Waals surface area contributed by atoms with E-state index in [4.69, 9.17) is 4.42 Å². The van der Waals surface area contributed by atoms with Gasteiger partial charge in [0, 0.05) is 36.3 Å². The molecule has 1 aliphatic carbocycles. The van der Waals surface area contributed by atoms with Gasteiger partial charge in [-0.15, -0.1) is 11.3 Å². The van der Waals surface area contributed by atoms with E-state index >= 15 is 0 Å². The zero-order valence-corrected chi connectivity index (χ0v) is 16.1. The number of thioether (sulfide) groups is 1. The smallest absolute Gasteiger partial charge is 0.223 e. The van der Waals surface area contributed by atoms with Gasteiger partial charge in [-0.2, -0.15) is 11.8 Å². The summed E-state index contributed by atoms with van der Waals surface area (Å²) in [5, 5.41) is 3.19. The third-order valence-electron chi connectivity index (χ3n) is 4.35. The molecule has 0 aromatic carbocycles. The molecular formula is C18H24N2O2S2. The predicted octanol–water partition coefficient (Wildman–Crippen LogP) is 4.45. The highest BCUT2D eigenvalue weighted by Gasteiger charge is 2.36. The van der Waals surface area contributed by atoms with Crippen molar-refractivity contribution in [3.05, 3.63) is 39.7 Å². The Morgan fingerprint density at radius 1 is 1.50 bits per heavy atom. The van der Waals surface area contributed by atoms with E-state index < -0.39 is 0 Å². The van der Waals surface area contributed by atoms with Crippen LogP contribution in [0.5, 0.6) is 0 Å². The van der Waals surface area contributed by atoms with Gasteiger partial charge in [0.25, 0.3) is 0 Å². The normalized spacial score (nSPS) is 19.5. The Balaban J connectivity index is 1.37. The summed E-state index contributed by atoms with van der Waals surface area (Å²) in [6.07, 6.45) is 1.77. The Kier molecular flexibility index (Phi) is 5.66. The molecule has 2 aromatic rings. The number of nitrogens with zero attached hydrogens (tertiary/aromatic N) is 2. The van der Waals surface area contributed by atoms with Gasteiger partial charge in [-0.25, -0.2) is 4.98 Å². The molecule has 0 bridgehead atoms. The second-order valence-electron chi connectivity index (χ2n) is 6.53. The third kappa shape index (κ3) is 4.63. The van der Waals surface area contributed by atoms with Crippen LogP contribution in [-0.4, -0.2) is 28.6 Å². The van der Waals surface area contributed by atoms with Crippen LogP contribution in [0.2, 0.25) is 0 Å². The number of carbonyl (C=O) groups excluding carboxylic acids is 1. The molecule has 0 N–H and O–H groups in total. The Labute approximate surface area is 151 Å². The second-order valence-corrected chi connectivity index (χ2v) is 8.70. The van der Waals surface area contributed by atoms with Gasteiger partial charge in [0.2, 0.25) is 5.91 Å². The van der Waals surface area contributed by atoms with E-state index in [2.05, 4.69) is 23.4 Å². The summed E-state index contributed by atoms with van der Waals surface area (Å²) in [7, 11) is 1.85. The number of amides is 1. The molecule has 130 valence electrons. The number of aryl methyl sites for hydroxylation is 1. The molecule has 1 amide bonds. The first kappa shape index (κ1) is 17.5. The van der Waals surface area contributed by atoms with E-state index in [-0.39, 0.29) is 5.91 Å². The van der Waals surface area contributed by atoms with Crippen molar-refractivity contribution in [2.75, 3.05) is 12.8 Å². The maximum atomic E-state index is 12.2. The van der Waals surface area contributed by atoms with Gasteiger partial charge < -0.3 is 9.32 Å². The lowest BCUT2D eigenvalue weighted by Gasteiger charge is -2.15. The van der Waals surface area contributed by atoms with Crippen molar-refractivity contribution in [3.8, 4) is 0 Å². The number of furan rings is 1. The first-order valence-corrected chi connectivity index (χ1v) is 10.4. The summed E-state index contributed by atoms with van der Waals surface area (Å²) in [6, 6.07) is 4.07. The van der Waals surface area contributed by atoms with Crippen LogP contribution in [0.1, 0.15) is 47.9 Å². The molecule has 0 radical (unpaired) electrons.